The Morgan fingerprint density at radius 3 is 2.42 bits per heavy atom. The second-order valence-electron chi connectivity index (χ2n) is 8.22. The number of nitrogens with zero attached hydrogens (tertiary/aromatic N) is 2. The Bertz CT molecular complexity index is 1170. The van der Waals surface area contributed by atoms with Crippen molar-refractivity contribution in [2.45, 2.75) is 32.7 Å². The Labute approximate surface area is 211 Å². The van der Waals surface area contributed by atoms with Crippen molar-refractivity contribution in [2.24, 2.45) is 0 Å². The molecule has 9 heteroatoms. The van der Waals surface area contributed by atoms with E-state index >= 15 is 0 Å². The molecule has 4 N–H and O–H groups in total. The molecule has 9 nitrogen and oxygen atoms in total. The van der Waals surface area contributed by atoms with E-state index < -0.39 is 0 Å². The molecule has 3 aromatic rings. The quantitative estimate of drug-likeness (QED) is 0.252. The first-order chi connectivity index (χ1) is 17.4. The predicted octanol–water partition coefficient (Wildman–Crippen LogP) is 5.16. The van der Waals surface area contributed by atoms with Gasteiger partial charge in [-0.25, -0.2) is 4.79 Å². The maximum atomic E-state index is 13.1. The van der Waals surface area contributed by atoms with Crippen molar-refractivity contribution in [3.8, 4) is 11.5 Å². The van der Waals surface area contributed by atoms with Crippen LogP contribution >= 0.6 is 0 Å². The van der Waals surface area contributed by atoms with Crippen molar-refractivity contribution in [3.63, 3.8) is 0 Å². The Kier molecular flexibility index (Phi) is 9.50. The third kappa shape index (κ3) is 7.11. The van der Waals surface area contributed by atoms with E-state index in [4.69, 9.17) is 15.2 Å². The van der Waals surface area contributed by atoms with Crippen LogP contribution in [-0.2, 0) is 6.54 Å². The minimum absolute atomic E-state index is 0.236. The maximum Gasteiger partial charge on any atom is 0.322 e. The third-order valence-corrected chi connectivity index (χ3v) is 5.59. The number of unbranched alkanes of at least 4 members (excludes halogenated alkanes) is 2. The fourth-order valence-corrected chi connectivity index (χ4v) is 3.59. The number of benzene rings is 2. The maximum absolute atomic E-state index is 13.1. The van der Waals surface area contributed by atoms with Gasteiger partial charge in [-0.15, -0.1) is 0 Å². The van der Waals surface area contributed by atoms with Crippen LogP contribution in [0.25, 0.3) is 0 Å². The summed E-state index contributed by atoms with van der Waals surface area (Å²) in [6.07, 6.45) is 4.55. The summed E-state index contributed by atoms with van der Waals surface area (Å²) in [5.41, 5.74) is 8.57. The number of amides is 3. The Morgan fingerprint density at radius 1 is 0.972 bits per heavy atom. The number of methoxy groups -OCH3 is 2. The van der Waals surface area contributed by atoms with Gasteiger partial charge in [-0.1, -0.05) is 38.0 Å². The standard InChI is InChI=1S/C27H33N5O4/c1-4-5-8-15-32(27(34)30-20-12-14-24(35-2)25(16-20)36-3)18-19-11-13-23(29-17-19)26(33)31-22-10-7-6-9-21(22)28/h6-7,9-14,16-17H,4-5,8,15,18,28H2,1-3H3,(H,30,34)(H,31,33). The topological polar surface area (TPSA) is 119 Å². The van der Waals surface area contributed by atoms with Gasteiger partial charge >= 0.3 is 6.03 Å². The van der Waals surface area contributed by atoms with Crippen LogP contribution < -0.4 is 25.8 Å². The minimum atomic E-state index is -0.356. The Hall–Kier alpha value is -4.27. The van der Waals surface area contributed by atoms with E-state index in [9.17, 15) is 9.59 Å². The molecule has 0 unspecified atom stereocenters. The smallest absolute Gasteiger partial charge is 0.322 e. The Balaban J connectivity index is 1.69. The molecule has 3 amide bonds. The molecule has 2 aromatic carbocycles. The number of nitrogens with two attached hydrogens (primary N) is 1. The number of para-hydroxylation sites is 2. The van der Waals surface area contributed by atoms with Gasteiger partial charge in [0.25, 0.3) is 5.91 Å². The molecular formula is C27H33N5O4. The van der Waals surface area contributed by atoms with Crippen LogP contribution in [0.2, 0.25) is 0 Å². The number of rotatable bonds is 11. The second-order valence-corrected chi connectivity index (χ2v) is 8.22. The molecule has 0 spiro atoms. The lowest BCUT2D eigenvalue weighted by molar-refractivity contribution is 0.102. The van der Waals surface area contributed by atoms with Crippen molar-refractivity contribution in [1.82, 2.24) is 9.88 Å². The van der Waals surface area contributed by atoms with Crippen LogP contribution in [-0.4, -0.2) is 42.6 Å². The Morgan fingerprint density at radius 2 is 1.75 bits per heavy atom. The van der Waals surface area contributed by atoms with Gasteiger partial charge in [0.2, 0.25) is 0 Å². The molecule has 1 aromatic heterocycles. The average molecular weight is 492 g/mol. The fourth-order valence-electron chi connectivity index (χ4n) is 3.59. The van der Waals surface area contributed by atoms with Crippen LogP contribution in [0, 0.1) is 0 Å². The normalized spacial score (nSPS) is 10.4. The van der Waals surface area contributed by atoms with E-state index in [1.807, 2.05) is 0 Å². The molecule has 0 aliphatic rings. The van der Waals surface area contributed by atoms with Gasteiger partial charge in [0, 0.05) is 31.0 Å². The number of nitrogens with one attached hydrogen (secondary N) is 2. The molecule has 0 atom stereocenters. The lowest BCUT2D eigenvalue weighted by Gasteiger charge is -2.23. The average Bonchev–Trinajstić information content (AvgIpc) is 2.89. The van der Waals surface area contributed by atoms with Gasteiger partial charge in [0.05, 0.1) is 25.6 Å². The number of carbonyl (C=O) groups is 2. The van der Waals surface area contributed by atoms with Crippen molar-refractivity contribution < 1.29 is 19.1 Å². The summed E-state index contributed by atoms with van der Waals surface area (Å²) in [7, 11) is 3.11. The number of hydrogen-bond acceptors (Lipinski definition) is 6. The highest BCUT2D eigenvalue weighted by Gasteiger charge is 2.16. The molecule has 0 radical (unpaired) electrons. The van der Waals surface area contributed by atoms with Crippen molar-refractivity contribution in [2.75, 3.05) is 37.1 Å². The molecule has 190 valence electrons. The SMILES string of the molecule is CCCCCN(Cc1ccc(C(=O)Nc2ccccc2N)nc1)C(=O)Nc1ccc(OC)c(OC)c1. The zero-order valence-corrected chi connectivity index (χ0v) is 20.9. The first-order valence-corrected chi connectivity index (χ1v) is 11.8. The van der Waals surface area contributed by atoms with Crippen LogP contribution in [0.1, 0.15) is 42.2 Å². The summed E-state index contributed by atoms with van der Waals surface area (Å²) in [5.74, 6) is 0.758. The van der Waals surface area contributed by atoms with E-state index in [2.05, 4.69) is 22.5 Å². The monoisotopic (exact) mass is 491 g/mol. The van der Waals surface area contributed by atoms with E-state index in [0.29, 0.717) is 41.7 Å². The number of nitrogen functional groups attached to an aromatic ring is 1. The van der Waals surface area contributed by atoms with Gasteiger partial charge < -0.3 is 30.7 Å². The zero-order valence-electron chi connectivity index (χ0n) is 20.9. The van der Waals surface area contributed by atoms with Crippen molar-refractivity contribution in [1.29, 1.82) is 0 Å². The van der Waals surface area contributed by atoms with E-state index in [0.717, 1.165) is 24.8 Å². The second kappa shape index (κ2) is 13.0. The summed E-state index contributed by atoms with van der Waals surface area (Å²) in [6, 6.07) is 15.5. The van der Waals surface area contributed by atoms with Gasteiger partial charge in [0.1, 0.15) is 5.69 Å². The summed E-state index contributed by atoms with van der Waals surface area (Å²) in [6.45, 7) is 3.05. The number of pyridine rings is 1. The molecule has 0 fully saturated rings. The fraction of sp³-hybridized carbons (Fsp3) is 0.296. The molecule has 0 saturated carbocycles. The predicted molar refractivity (Wildman–Crippen MR) is 142 cm³/mol. The van der Waals surface area contributed by atoms with Gasteiger partial charge in [-0.3, -0.25) is 9.78 Å². The molecule has 0 bridgehead atoms. The highest BCUT2D eigenvalue weighted by atomic mass is 16.5. The highest BCUT2D eigenvalue weighted by molar-refractivity contribution is 6.04. The lowest BCUT2D eigenvalue weighted by Crippen LogP contribution is -2.35. The van der Waals surface area contributed by atoms with Gasteiger partial charge in [-0.05, 0) is 42.3 Å². The van der Waals surface area contributed by atoms with Crippen LogP contribution in [0.15, 0.2) is 60.8 Å². The molecule has 3 rings (SSSR count). The number of aromatic nitrogens is 1. The summed E-state index contributed by atoms with van der Waals surface area (Å²) >= 11 is 0. The molecule has 36 heavy (non-hydrogen) atoms. The number of anilines is 3. The lowest BCUT2D eigenvalue weighted by atomic mass is 10.2. The molecule has 0 saturated heterocycles. The van der Waals surface area contributed by atoms with Gasteiger partial charge in [0.15, 0.2) is 11.5 Å². The minimum Gasteiger partial charge on any atom is -0.493 e. The molecule has 0 aliphatic carbocycles. The number of urea groups is 1. The summed E-state index contributed by atoms with van der Waals surface area (Å²) in [4.78, 5) is 31.7. The zero-order chi connectivity index (χ0) is 25.9. The van der Waals surface area contributed by atoms with Crippen LogP contribution in [0.3, 0.4) is 0 Å². The number of carbonyl (C=O) groups excluding carboxylic acids is 2. The van der Waals surface area contributed by atoms with E-state index in [-0.39, 0.29) is 17.6 Å². The molecular weight excluding hydrogens is 458 g/mol. The summed E-state index contributed by atoms with van der Waals surface area (Å²) < 4.78 is 10.6. The first-order valence-electron chi connectivity index (χ1n) is 11.8. The van der Waals surface area contributed by atoms with Crippen LogP contribution in [0.4, 0.5) is 21.9 Å². The number of hydrogen-bond donors (Lipinski definition) is 3. The van der Waals surface area contributed by atoms with Crippen molar-refractivity contribution in [3.05, 3.63) is 72.1 Å². The first kappa shape index (κ1) is 26.3. The highest BCUT2D eigenvalue weighted by Crippen LogP contribution is 2.30. The number of ether oxygens (including phenoxy) is 2. The molecule has 0 aliphatic heterocycles. The largest absolute Gasteiger partial charge is 0.493 e. The summed E-state index contributed by atoms with van der Waals surface area (Å²) in [5, 5.41) is 5.70. The van der Waals surface area contributed by atoms with E-state index in [1.165, 1.54) is 0 Å². The van der Waals surface area contributed by atoms with Gasteiger partial charge in [-0.2, -0.15) is 0 Å². The van der Waals surface area contributed by atoms with Crippen molar-refractivity contribution >= 4 is 29.0 Å². The molecule has 1 heterocycles. The third-order valence-electron chi connectivity index (χ3n) is 5.59. The van der Waals surface area contributed by atoms with Crippen LogP contribution in [0.5, 0.6) is 11.5 Å². The van der Waals surface area contributed by atoms with E-state index in [1.54, 1.807) is 79.9 Å².